The number of carbonyl (C=O) groups excluding carboxylic acids is 2. The van der Waals surface area contributed by atoms with Gasteiger partial charge in [-0.3, -0.25) is 13.9 Å². The Balaban J connectivity index is 1.59. The van der Waals surface area contributed by atoms with Crippen LogP contribution in [0.2, 0.25) is 5.02 Å². The first-order chi connectivity index (χ1) is 20.5. The molecule has 230 valence electrons. The summed E-state index contributed by atoms with van der Waals surface area (Å²) in [5.74, 6) is -0.345. The van der Waals surface area contributed by atoms with E-state index in [-0.39, 0.29) is 43.8 Å². The van der Waals surface area contributed by atoms with E-state index in [9.17, 15) is 18.0 Å². The molecule has 0 saturated heterocycles. The minimum atomic E-state index is -3.63. The second kappa shape index (κ2) is 14.9. The predicted octanol–water partition coefficient (Wildman–Crippen LogP) is 6.20. The van der Waals surface area contributed by atoms with Crippen molar-refractivity contribution < 1.29 is 18.0 Å². The van der Waals surface area contributed by atoms with Crippen molar-refractivity contribution >= 4 is 39.1 Å². The number of aryl methyl sites for hydroxylation is 2. The summed E-state index contributed by atoms with van der Waals surface area (Å²) in [6.45, 7) is 4.23. The van der Waals surface area contributed by atoms with Crippen molar-refractivity contribution in [3.8, 4) is 0 Å². The summed E-state index contributed by atoms with van der Waals surface area (Å²) in [6.07, 6.45) is 5.97. The third-order valence-electron chi connectivity index (χ3n) is 8.04. The van der Waals surface area contributed by atoms with Gasteiger partial charge < -0.3 is 10.2 Å². The number of rotatable bonds is 13. The molecule has 0 aliphatic heterocycles. The molecule has 43 heavy (non-hydrogen) atoms. The fourth-order valence-corrected chi connectivity index (χ4v) is 6.83. The molecule has 0 heterocycles. The zero-order valence-electron chi connectivity index (χ0n) is 25.3. The number of amides is 2. The zero-order chi connectivity index (χ0) is 31.0. The van der Waals surface area contributed by atoms with Gasteiger partial charge in [-0.25, -0.2) is 8.42 Å². The van der Waals surface area contributed by atoms with Crippen molar-refractivity contribution in [1.82, 2.24) is 10.2 Å². The van der Waals surface area contributed by atoms with Gasteiger partial charge in [0.05, 0.1) is 11.9 Å². The van der Waals surface area contributed by atoms with Crippen molar-refractivity contribution in [2.75, 3.05) is 17.1 Å². The molecule has 1 atom stereocenters. The molecule has 0 spiro atoms. The highest BCUT2D eigenvalue weighted by molar-refractivity contribution is 7.92. The van der Waals surface area contributed by atoms with Gasteiger partial charge in [-0.05, 0) is 61.9 Å². The van der Waals surface area contributed by atoms with Crippen molar-refractivity contribution in [2.45, 2.75) is 77.4 Å². The largest absolute Gasteiger partial charge is 0.352 e. The Hall–Kier alpha value is -3.36. The molecule has 2 amide bonds. The van der Waals surface area contributed by atoms with Crippen LogP contribution >= 0.6 is 11.6 Å². The normalized spacial score (nSPS) is 14.3. The first kappa shape index (κ1) is 32.6. The number of halogens is 1. The van der Waals surface area contributed by atoms with Crippen LogP contribution in [0.4, 0.5) is 5.69 Å². The second-order valence-corrected chi connectivity index (χ2v) is 13.9. The summed E-state index contributed by atoms with van der Waals surface area (Å²) in [4.78, 5) is 29.6. The first-order valence-corrected chi connectivity index (χ1v) is 17.2. The minimum absolute atomic E-state index is 0.0828. The van der Waals surface area contributed by atoms with E-state index in [1.165, 1.54) is 4.31 Å². The van der Waals surface area contributed by atoms with E-state index in [4.69, 9.17) is 11.6 Å². The van der Waals surface area contributed by atoms with Gasteiger partial charge in [-0.1, -0.05) is 90.7 Å². The monoisotopic (exact) mass is 623 g/mol. The molecule has 1 aliphatic rings. The van der Waals surface area contributed by atoms with E-state index in [2.05, 4.69) is 5.32 Å². The van der Waals surface area contributed by atoms with Crippen molar-refractivity contribution in [1.29, 1.82) is 0 Å². The Labute approximate surface area is 261 Å². The average molecular weight is 624 g/mol. The van der Waals surface area contributed by atoms with Gasteiger partial charge in [-0.15, -0.1) is 0 Å². The molecule has 4 rings (SSSR count). The van der Waals surface area contributed by atoms with Crippen LogP contribution in [0.5, 0.6) is 0 Å². The maximum atomic E-state index is 14.0. The molecule has 7 nitrogen and oxygen atoms in total. The minimum Gasteiger partial charge on any atom is -0.352 e. The Kier molecular flexibility index (Phi) is 11.3. The summed E-state index contributed by atoms with van der Waals surface area (Å²) < 4.78 is 26.9. The number of nitrogens with zero attached hydrogens (tertiary/aromatic N) is 2. The number of sulfonamides is 1. The molecule has 1 aliphatic carbocycles. The Morgan fingerprint density at radius 2 is 1.63 bits per heavy atom. The molecular weight excluding hydrogens is 582 g/mol. The highest BCUT2D eigenvalue weighted by atomic mass is 35.5. The van der Waals surface area contributed by atoms with Gasteiger partial charge in [0.2, 0.25) is 21.8 Å². The maximum Gasteiger partial charge on any atom is 0.243 e. The lowest BCUT2D eigenvalue weighted by Gasteiger charge is -2.33. The van der Waals surface area contributed by atoms with E-state index in [0.717, 1.165) is 54.2 Å². The second-order valence-electron chi connectivity index (χ2n) is 11.6. The molecule has 1 unspecified atom stereocenters. The lowest BCUT2D eigenvalue weighted by atomic mass is 10.0. The number of hydrogen-bond acceptors (Lipinski definition) is 4. The summed E-state index contributed by atoms with van der Waals surface area (Å²) in [5, 5.41) is 3.66. The fraction of sp³-hybridized carbons (Fsp3) is 0.412. The van der Waals surface area contributed by atoms with Crippen LogP contribution in [0.3, 0.4) is 0 Å². The molecule has 9 heteroatoms. The lowest BCUT2D eigenvalue weighted by Crippen LogP contribution is -2.52. The van der Waals surface area contributed by atoms with Crippen LogP contribution in [-0.4, -0.2) is 50.0 Å². The molecule has 3 aromatic rings. The number of benzene rings is 3. The van der Waals surface area contributed by atoms with Gasteiger partial charge in [-0.2, -0.15) is 0 Å². The van der Waals surface area contributed by atoms with Gasteiger partial charge in [0, 0.05) is 37.0 Å². The van der Waals surface area contributed by atoms with E-state index >= 15 is 0 Å². The number of hydrogen-bond donors (Lipinski definition) is 1. The highest BCUT2D eigenvalue weighted by Gasteiger charge is 2.32. The van der Waals surface area contributed by atoms with Crippen LogP contribution < -0.4 is 9.62 Å². The van der Waals surface area contributed by atoms with Gasteiger partial charge in [0.15, 0.2) is 0 Å². The third kappa shape index (κ3) is 9.31. The van der Waals surface area contributed by atoms with E-state index < -0.39 is 16.1 Å². The molecule has 1 fully saturated rings. The Bertz CT molecular complexity index is 1490. The predicted molar refractivity (Wildman–Crippen MR) is 174 cm³/mol. The van der Waals surface area contributed by atoms with Crippen LogP contribution in [-0.2, 0) is 32.6 Å². The van der Waals surface area contributed by atoms with Crippen LogP contribution in [0.1, 0.15) is 60.8 Å². The van der Waals surface area contributed by atoms with E-state index in [0.29, 0.717) is 17.1 Å². The molecule has 0 radical (unpaired) electrons. The van der Waals surface area contributed by atoms with Crippen LogP contribution in [0, 0.1) is 13.8 Å². The zero-order valence-corrected chi connectivity index (χ0v) is 26.8. The quantitative estimate of drug-likeness (QED) is 0.246. The average Bonchev–Trinajstić information content (AvgIpc) is 3.48. The van der Waals surface area contributed by atoms with E-state index in [1.807, 2.05) is 68.4 Å². The standard InChI is InChI=1S/C34H42ClN3O4S/c1-25-15-18-28(19-16-25)24-37(32(22-27-10-5-4-6-11-27)34(40)36-30-12-7-8-13-30)33(39)14-9-21-38(43(3,41)42)31-23-29(35)20-17-26(31)2/h4-6,10-11,15-20,23,30,32H,7-9,12-14,21-22,24H2,1-3H3,(H,36,40). The maximum absolute atomic E-state index is 14.0. The SMILES string of the molecule is Cc1ccc(CN(C(=O)CCCN(c2cc(Cl)ccc2C)S(C)(=O)=O)C(Cc2ccccc2)C(=O)NC2CCCC2)cc1. The fourth-order valence-electron chi connectivity index (χ4n) is 5.65. The Morgan fingerprint density at radius 3 is 2.28 bits per heavy atom. The van der Waals surface area contributed by atoms with Crippen molar-refractivity contribution in [2.24, 2.45) is 0 Å². The first-order valence-electron chi connectivity index (χ1n) is 14.9. The molecule has 0 bridgehead atoms. The van der Waals surface area contributed by atoms with Crippen molar-refractivity contribution in [3.05, 3.63) is 100 Å². The molecule has 1 N–H and O–H groups in total. The molecular formula is C34H42ClN3O4S. The molecule has 3 aromatic carbocycles. The summed E-state index contributed by atoms with van der Waals surface area (Å²) in [7, 11) is -3.63. The summed E-state index contributed by atoms with van der Waals surface area (Å²) in [6, 6.07) is 22.3. The number of anilines is 1. The third-order valence-corrected chi connectivity index (χ3v) is 9.45. The molecule has 0 aromatic heterocycles. The van der Waals surface area contributed by atoms with Crippen LogP contribution in [0.15, 0.2) is 72.8 Å². The summed E-state index contributed by atoms with van der Waals surface area (Å²) >= 11 is 6.20. The number of carbonyl (C=O) groups is 2. The number of nitrogens with one attached hydrogen (secondary N) is 1. The summed E-state index contributed by atoms with van der Waals surface area (Å²) in [5.41, 5.74) is 4.28. The smallest absolute Gasteiger partial charge is 0.243 e. The van der Waals surface area contributed by atoms with Crippen molar-refractivity contribution in [3.63, 3.8) is 0 Å². The van der Waals surface area contributed by atoms with Gasteiger partial charge >= 0.3 is 0 Å². The Morgan fingerprint density at radius 1 is 0.953 bits per heavy atom. The van der Waals surface area contributed by atoms with Crippen LogP contribution in [0.25, 0.3) is 0 Å². The highest BCUT2D eigenvalue weighted by Crippen LogP contribution is 2.27. The topological polar surface area (TPSA) is 86.8 Å². The molecule has 1 saturated carbocycles. The van der Waals surface area contributed by atoms with Gasteiger partial charge in [0.25, 0.3) is 0 Å². The lowest BCUT2D eigenvalue weighted by molar-refractivity contribution is -0.141. The van der Waals surface area contributed by atoms with E-state index in [1.54, 1.807) is 23.1 Å². The van der Waals surface area contributed by atoms with Gasteiger partial charge in [0.1, 0.15) is 6.04 Å².